The number of likely N-dealkylation sites (N-methyl/N-ethyl adjacent to an activating group) is 1. The Morgan fingerprint density at radius 3 is 2.54 bits per heavy atom. The number of carbonyl (C=O) groups excluding carboxylic acids is 2. The van der Waals surface area contributed by atoms with Crippen molar-refractivity contribution in [2.45, 2.75) is 38.3 Å². The molecular formula is C18H22N2O4. The van der Waals surface area contributed by atoms with Crippen LogP contribution in [0.2, 0.25) is 0 Å². The molecule has 0 unspecified atom stereocenters. The Balaban J connectivity index is 1.53. The SMILES string of the molecule is CN1CC(C(=O)NCc2ccc(OC3CCCC3)cc2)=C(O)C1=O. The smallest absolute Gasteiger partial charge is 0.289 e. The first-order chi connectivity index (χ1) is 11.5. The largest absolute Gasteiger partial charge is 0.503 e. The van der Waals surface area contributed by atoms with Gasteiger partial charge in [-0.25, -0.2) is 0 Å². The molecular weight excluding hydrogens is 308 g/mol. The molecule has 0 spiro atoms. The number of hydrogen-bond acceptors (Lipinski definition) is 4. The average molecular weight is 330 g/mol. The Morgan fingerprint density at radius 2 is 1.96 bits per heavy atom. The van der Waals surface area contributed by atoms with E-state index in [-0.39, 0.29) is 12.1 Å². The minimum absolute atomic E-state index is 0.115. The summed E-state index contributed by atoms with van der Waals surface area (Å²) in [6, 6.07) is 7.63. The minimum atomic E-state index is -0.520. The predicted octanol–water partition coefficient (Wildman–Crippen LogP) is 1.91. The average Bonchev–Trinajstić information content (AvgIpc) is 3.18. The molecule has 6 nitrogen and oxygen atoms in total. The highest BCUT2D eigenvalue weighted by molar-refractivity contribution is 6.06. The maximum Gasteiger partial charge on any atom is 0.289 e. The topological polar surface area (TPSA) is 78.9 Å². The maximum absolute atomic E-state index is 12.1. The van der Waals surface area contributed by atoms with E-state index >= 15 is 0 Å². The molecule has 2 amide bonds. The molecule has 128 valence electrons. The maximum atomic E-state index is 12.1. The van der Waals surface area contributed by atoms with Crippen molar-refractivity contribution in [2.24, 2.45) is 0 Å². The van der Waals surface area contributed by atoms with Gasteiger partial charge in [0.05, 0.1) is 18.2 Å². The summed E-state index contributed by atoms with van der Waals surface area (Å²) in [4.78, 5) is 24.9. The lowest BCUT2D eigenvalue weighted by Crippen LogP contribution is -2.27. The van der Waals surface area contributed by atoms with Crippen molar-refractivity contribution in [1.82, 2.24) is 10.2 Å². The third-order valence-corrected chi connectivity index (χ3v) is 4.49. The van der Waals surface area contributed by atoms with Gasteiger partial charge in [0.15, 0.2) is 5.76 Å². The molecule has 1 heterocycles. The number of aliphatic hydroxyl groups excluding tert-OH is 1. The van der Waals surface area contributed by atoms with Crippen molar-refractivity contribution < 1.29 is 19.4 Å². The van der Waals surface area contributed by atoms with Crippen LogP contribution in [0.15, 0.2) is 35.6 Å². The Bertz CT molecular complexity index is 660. The fraction of sp³-hybridized carbons (Fsp3) is 0.444. The van der Waals surface area contributed by atoms with Crippen LogP contribution in [-0.4, -0.2) is 41.5 Å². The van der Waals surface area contributed by atoms with Crippen molar-refractivity contribution in [3.63, 3.8) is 0 Å². The molecule has 1 aliphatic carbocycles. The number of rotatable bonds is 5. The summed E-state index contributed by atoms with van der Waals surface area (Å²) in [7, 11) is 1.54. The summed E-state index contributed by atoms with van der Waals surface area (Å²) in [5, 5.41) is 12.4. The Hall–Kier alpha value is -2.50. The number of aliphatic hydroxyl groups is 1. The third-order valence-electron chi connectivity index (χ3n) is 4.49. The summed E-state index contributed by atoms with van der Waals surface area (Å²) in [6.07, 6.45) is 5.01. The van der Waals surface area contributed by atoms with E-state index in [1.54, 1.807) is 7.05 Å². The van der Waals surface area contributed by atoms with Crippen LogP contribution in [0.5, 0.6) is 5.75 Å². The van der Waals surface area contributed by atoms with Gasteiger partial charge in [0.25, 0.3) is 11.8 Å². The molecule has 2 N–H and O–H groups in total. The van der Waals surface area contributed by atoms with Crippen LogP contribution in [0.4, 0.5) is 0 Å². The lowest BCUT2D eigenvalue weighted by atomic mass is 10.2. The number of carbonyl (C=O) groups is 2. The fourth-order valence-electron chi connectivity index (χ4n) is 3.05. The number of benzene rings is 1. The van der Waals surface area contributed by atoms with Gasteiger partial charge in [0.1, 0.15) is 5.75 Å². The number of hydrogen-bond donors (Lipinski definition) is 2. The van der Waals surface area contributed by atoms with Crippen LogP contribution in [0.25, 0.3) is 0 Å². The van der Waals surface area contributed by atoms with Crippen LogP contribution in [0.3, 0.4) is 0 Å². The fourth-order valence-corrected chi connectivity index (χ4v) is 3.05. The van der Waals surface area contributed by atoms with Gasteiger partial charge in [-0.15, -0.1) is 0 Å². The predicted molar refractivity (Wildman–Crippen MR) is 88.5 cm³/mol. The van der Waals surface area contributed by atoms with Gasteiger partial charge in [-0.1, -0.05) is 12.1 Å². The second-order valence-electron chi connectivity index (χ2n) is 6.34. The second kappa shape index (κ2) is 6.95. The molecule has 1 aromatic rings. The van der Waals surface area contributed by atoms with Crippen LogP contribution in [0, 0.1) is 0 Å². The van der Waals surface area contributed by atoms with E-state index in [0.717, 1.165) is 24.2 Å². The molecule has 0 saturated heterocycles. The van der Waals surface area contributed by atoms with Gasteiger partial charge in [-0.05, 0) is 43.4 Å². The molecule has 3 rings (SSSR count). The van der Waals surface area contributed by atoms with E-state index in [1.807, 2.05) is 24.3 Å². The number of nitrogens with one attached hydrogen (secondary N) is 1. The molecule has 0 bridgehead atoms. The molecule has 0 aromatic heterocycles. The van der Waals surface area contributed by atoms with Crippen LogP contribution in [-0.2, 0) is 16.1 Å². The second-order valence-corrected chi connectivity index (χ2v) is 6.34. The Morgan fingerprint density at radius 1 is 1.29 bits per heavy atom. The molecule has 1 aromatic carbocycles. The summed E-state index contributed by atoms with van der Waals surface area (Å²) >= 11 is 0. The normalized spacial score (nSPS) is 18.4. The van der Waals surface area contributed by atoms with Crippen molar-refractivity contribution in [3.8, 4) is 5.75 Å². The van der Waals surface area contributed by atoms with Crippen LogP contribution < -0.4 is 10.1 Å². The van der Waals surface area contributed by atoms with Gasteiger partial charge in [0.2, 0.25) is 0 Å². The molecule has 1 aliphatic heterocycles. The van der Waals surface area contributed by atoms with Gasteiger partial charge >= 0.3 is 0 Å². The highest BCUT2D eigenvalue weighted by Gasteiger charge is 2.31. The molecule has 1 fully saturated rings. The van der Waals surface area contributed by atoms with E-state index in [2.05, 4.69) is 5.32 Å². The van der Waals surface area contributed by atoms with E-state index in [9.17, 15) is 14.7 Å². The highest BCUT2D eigenvalue weighted by atomic mass is 16.5. The first-order valence-electron chi connectivity index (χ1n) is 8.26. The quantitative estimate of drug-likeness (QED) is 0.864. The minimum Gasteiger partial charge on any atom is -0.503 e. The monoisotopic (exact) mass is 330 g/mol. The number of ether oxygens (including phenoxy) is 1. The first kappa shape index (κ1) is 16.4. The highest BCUT2D eigenvalue weighted by Crippen LogP contribution is 2.24. The molecule has 0 atom stereocenters. The van der Waals surface area contributed by atoms with Gasteiger partial charge in [-0.3, -0.25) is 9.59 Å². The standard InChI is InChI=1S/C18H22N2O4/c1-20-11-15(16(21)18(20)23)17(22)19-10-12-6-8-14(9-7-12)24-13-4-2-3-5-13/h6-9,13,21H,2-5,10-11H2,1H3,(H,19,22). The molecule has 2 aliphatic rings. The molecule has 24 heavy (non-hydrogen) atoms. The van der Waals surface area contributed by atoms with Gasteiger partial charge in [-0.2, -0.15) is 0 Å². The van der Waals surface area contributed by atoms with Gasteiger partial charge in [0, 0.05) is 13.6 Å². The summed E-state index contributed by atoms with van der Waals surface area (Å²) in [5.74, 6) is -0.555. The third kappa shape index (κ3) is 3.53. The summed E-state index contributed by atoms with van der Waals surface area (Å²) in [5.41, 5.74) is 1.04. The molecule has 0 radical (unpaired) electrons. The van der Waals surface area contributed by atoms with E-state index in [4.69, 9.17) is 4.74 Å². The molecule has 1 saturated carbocycles. The lowest BCUT2D eigenvalue weighted by molar-refractivity contribution is -0.126. The zero-order chi connectivity index (χ0) is 17.1. The van der Waals surface area contributed by atoms with Crippen molar-refractivity contribution >= 4 is 11.8 Å². The summed E-state index contributed by atoms with van der Waals surface area (Å²) < 4.78 is 5.90. The van der Waals surface area contributed by atoms with E-state index in [0.29, 0.717) is 12.6 Å². The number of nitrogens with zero attached hydrogens (tertiary/aromatic N) is 1. The van der Waals surface area contributed by atoms with Crippen molar-refractivity contribution in [1.29, 1.82) is 0 Å². The van der Waals surface area contributed by atoms with Crippen LogP contribution >= 0.6 is 0 Å². The Labute approximate surface area is 141 Å². The number of amides is 2. The van der Waals surface area contributed by atoms with Crippen molar-refractivity contribution in [2.75, 3.05) is 13.6 Å². The van der Waals surface area contributed by atoms with Gasteiger partial charge < -0.3 is 20.1 Å². The first-order valence-corrected chi connectivity index (χ1v) is 8.26. The van der Waals surface area contributed by atoms with E-state index < -0.39 is 17.6 Å². The zero-order valence-electron chi connectivity index (χ0n) is 13.7. The van der Waals surface area contributed by atoms with Crippen molar-refractivity contribution in [3.05, 3.63) is 41.2 Å². The lowest BCUT2D eigenvalue weighted by Gasteiger charge is -2.13. The molecule has 6 heteroatoms. The van der Waals surface area contributed by atoms with E-state index in [1.165, 1.54) is 17.7 Å². The van der Waals surface area contributed by atoms with Crippen LogP contribution in [0.1, 0.15) is 31.2 Å². The summed E-state index contributed by atoms with van der Waals surface area (Å²) in [6.45, 7) is 0.460. The zero-order valence-corrected chi connectivity index (χ0v) is 13.7. The Kier molecular flexibility index (Phi) is 4.74.